The molecular weight excluding hydrogens is 396 g/mol. The van der Waals surface area contributed by atoms with E-state index in [2.05, 4.69) is 11.1 Å². The van der Waals surface area contributed by atoms with Crippen LogP contribution in [0.1, 0.15) is 16.1 Å². The van der Waals surface area contributed by atoms with Crippen molar-refractivity contribution in [3.05, 3.63) is 59.8 Å². The summed E-state index contributed by atoms with van der Waals surface area (Å²) in [5, 5.41) is 9.55. The summed E-state index contributed by atoms with van der Waals surface area (Å²) >= 11 is 0. The number of nitriles is 1. The van der Waals surface area contributed by atoms with E-state index in [4.69, 9.17) is 13.9 Å². The number of anilines is 1. The Morgan fingerprint density at radius 3 is 2.39 bits per heavy atom. The van der Waals surface area contributed by atoms with Crippen LogP contribution in [0.2, 0.25) is 0 Å². The highest BCUT2D eigenvalue weighted by Crippen LogP contribution is 2.30. The van der Waals surface area contributed by atoms with Gasteiger partial charge in [0.1, 0.15) is 17.6 Å². The zero-order chi connectivity index (χ0) is 21.8. The van der Waals surface area contributed by atoms with Crippen LogP contribution < -0.4 is 14.4 Å². The van der Waals surface area contributed by atoms with Crippen LogP contribution in [-0.2, 0) is 0 Å². The third-order valence-electron chi connectivity index (χ3n) is 5.20. The van der Waals surface area contributed by atoms with Gasteiger partial charge < -0.3 is 23.7 Å². The Bertz CT molecular complexity index is 1130. The second-order valence-electron chi connectivity index (χ2n) is 7.03. The third kappa shape index (κ3) is 4.16. The summed E-state index contributed by atoms with van der Waals surface area (Å²) in [4.78, 5) is 20.9. The van der Waals surface area contributed by atoms with E-state index >= 15 is 0 Å². The summed E-state index contributed by atoms with van der Waals surface area (Å²) in [5.74, 6) is 2.07. The molecule has 31 heavy (non-hydrogen) atoms. The van der Waals surface area contributed by atoms with Crippen molar-refractivity contribution in [2.45, 2.75) is 0 Å². The molecule has 4 rings (SSSR count). The van der Waals surface area contributed by atoms with Gasteiger partial charge in [-0.3, -0.25) is 4.79 Å². The lowest BCUT2D eigenvalue weighted by atomic mass is 10.1. The average molecular weight is 418 g/mol. The van der Waals surface area contributed by atoms with Gasteiger partial charge in [-0.15, -0.1) is 0 Å². The van der Waals surface area contributed by atoms with E-state index in [-0.39, 0.29) is 11.6 Å². The number of piperazine rings is 1. The Morgan fingerprint density at radius 2 is 1.71 bits per heavy atom. The molecule has 8 nitrogen and oxygen atoms in total. The second kappa shape index (κ2) is 8.79. The predicted octanol–water partition coefficient (Wildman–Crippen LogP) is 3.19. The van der Waals surface area contributed by atoms with Gasteiger partial charge >= 0.3 is 0 Å². The molecule has 3 aromatic rings. The van der Waals surface area contributed by atoms with Gasteiger partial charge in [0.25, 0.3) is 5.91 Å². The Morgan fingerprint density at radius 1 is 1.03 bits per heavy atom. The molecule has 8 heteroatoms. The molecule has 158 valence electrons. The quantitative estimate of drug-likeness (QED) is 0.628. The van der Waals surface area contributed by atoms with E-state index < -0.39 is 0 Å². The molecule has 0 atom stereocenters. The van der Waals surface area contributed by atoms with Crippen LogP contribution >= 0.6 is 0 Å². The maximum absolute atomic E-state index is 12.8. The van der Waals surface area contributed by atoms with Crippen LogP contribution in [0, 0.1) is 11.3 Å². The van der Waals surface area contributed by atoms with Gasteiger partial charge in [-0.2, -0.15) is 10.2 Å². The van der Waals surface area contributed by atoms with Crippen molar-refractivity contribution >= 4 is 11.8 Å². The first-order chi connectivity index (χ1) is 15.1. The normalized spacial score (nSPS) is 13.6. The molecule has 1 aliphatic rings. The van der Waals surface area contributed by atoms with Gasteiger partial charge in [0.15, 0.2) is 0 Å². The average Bonchev–Trinajstić information content (AvgIpc) is 3.28. The van der Waals surface area contributed by atoms with Crippen molar-refractivity contribution in [2.75, 3.05) is 45.3 Å². The van der Waals surface area contributed by atoms with E-state index in [1.807, 2.05) is 35.2 Å². The molecule has 1 amide bonds. The maximum Gasteiger partial charge on any atom is 0.254 e. The lowest BCUT2D eigenvalue weighted by molar-refractivity contribution is 0.0745. The molecule has 1 aliphatic heterocycles. The molecule has 1 fully saturated rings. The SMILES string of the molecule is COc1cccc(C(=O)N2CCN(c3oc(-c4cccc(OC)c4)nc3C#N)CC2)c1. The molecule has 1 saturated heterocycles. The van der Waals surface area contributed by atoms with Crippen LogP contribution in [0.15, 0.2) is 52.9 Å². The Labute approximate surface area is 180 Å². The standard InChI is InChI=1S/C23H22N4O4/c1-29-18-7-3-5-16(13-18)21-25-20(15-24)23(31-21)27-11-9-26(10-12-27)22(28)17-6-4-8-19(14-17)30-2/h3-8,13-14H,9-12H2,1-2H3. The fourth-order valence-electron chi connectivity index (χ4n) is 3.53. The molecule has 0 unspecified atom stereocenters. The second-order valence-corrected chi connectivity index (χ2v) is 7.03. The molecule has 0 saturated carbocycles. The van der Waals surface area contributed by atoms with Crippen LogP contribution in [0.4, 0.5) is 5.88 Å². The minimum atomic E-state index is -0.0475. The van der Waals surface area contributed by atoms with Crippen LogP contribution in [0.3, 0.4) is 0 Å². The lowest BCUT2D eigenvalue weighted by Gasteiger charge is -2.34. The minimum Gasteiger partial charge on any atom is -0.497 e. The molecule has 0 bridgehead atoms. The predicted molar refractivity (Wildman–Crippen MR) is 114 cm³/mol. The highest BCUT2D eigenvalue weighted by molar-refractivity contribution is 5.94. The van der Waals surface area contributed by atoms with E-state index in [0.717, 1.165) is 5.56 Å². The maximum atomic E-state index is 12.8. The Hall–Kier alpha value is -3.99. The zero-order valence-corrected chi connectivity index (χ0v) is 17.4. The number of amides is 1. The number of nitrogens with zero attached hydrogens (tertiary/aromatic N) is 4. The van der Waals surface area contributed by atoms with Crippen LogP contribution in [0.25, 0.3) is 11.5 Å². The number of rotatable bonds is 5. The van der Waals surface area contributed by atoms with Gasteiger partial charge in [-0.1, -0.05) is 12.1 Å². The molecular formula is C23H22N4O4. The van der Waals surface area contributed by atoms with Crippen molar-refractivity contribution in [3.63, 3.8) is 0 Å². The lowest BCUT2D eigenvalue weighted by Crippen LogP contribution is -2.48. The van der Waals surface area contributed by atoms with E-state index in [1.54, 1.807) is 37.3 Å². The molecule has 2 aromatic carbocycles. The number of aromatic nitrogens is 1. The first kappa shape index (κ1) is 20.3. The van der Waals surface area contributed by atoms with Gasteiger partial charge in [0.05, 0.1) is 14.2 Å². The number of ether oxygens (including phenoxy) is 2. The fourth-order valence-corrected chi connectivity index (χ4v) is 3.53. The first-order valence-corrected chi connectivity index (χ1v) is 9.86. The number of benzene rings is 2. The zero-order valence-electron chi connectivity index (χ0n) is 17.4. The topological polar surface area (TPSA) is 91.8 Å². The first-order valence-electron chi connectivity index (χ1n) is 9.86. The smallest absolute Gasteiger partial charge is 0.254 e. The van der Waals surface area contributed by atoms with Crippen molar-refractivity contribution in [1.29, 1.82) is 5.26 Å². The highest BCUT2D eigenvalue weighted by Gasteiger charge is 2.27. The summed E-state index contributed by atoms with van der Waals surface area (Å²) in [7, 11) is 3.17. The van der Waals surface area contributed by atoms with Gasteiger partial charge in [-0.25, -0.2) is 0 Å². The van der Waals surface area contributed by atoms with Crippen molar-refractivity contribution in [3.8, 4) is 29.0 Å². The molecule has 0 spiro atoms. The summed E-state index contributed by atoms with van der Waals surface area (Å²) in [5.41, 5.74) is 1.55. The number of carbonyl (C=O) groups excluding carboxylic acids is 1. The largest absolute Gasteiger partial charge is 0.497 e. The van der Waals surface area contributed by atoms with Crippen LogP contribution in [0.5, 0.6) is 11.5 Å². The van der Waals surface area contributed by atoms with Crippen molar-refractivity contribution < 1.29 is 18.7 Å². The fraction of sp³-hybridized carbons (Fsp3) is 0.261. The van der Waals surface area contributed by atoms with Gasteiger partial charge in [0.2, 0.25) is 17.5 Å². The molecule has 2 heterocycles. The number of carbonyl (C=O) groups is 1. The summed E-state index contributed by atoms with van der Waals surface area (Å²) in [6.07, 6.45) is 0. The van der Waals surface area contributed by atoms with Crippen molar-refractivity contribution in [1.82, 2.24) is 9.88 Å². The number of hydrogen-bond donors (Lipinski definition) is 0. The van der Waals surface area contributed by atoms with E-state index in [0.29, 0.717) is 55.0 Å². The van der Waals surface area contributed by atoms with Gasteiger partial charge in [0, 0.05) is 37.3 Å². The summed E-state index contributed by atoms with van der Waals surface area (Å²) in [6.45, 7) is 2.10. The van der Waals surface area contributed by atoms with Gasteiger partial charge in [-0.05, 0) is 36.4 Å². The highest BCUT2D eigenvalue weighted by atomic mass is 16.5. The van der Waals surface area contributed by atoms with E-state index in [9.17, 15) is 10.1 Å². The third-order valence-corrected chi connectivity index (χ3v) is 5.20. The molecule has 1 aromatic heterocycles. The Balaban J connectivity index is 1.49. The molecule has 0 radical (unpaired) electrons. The summed E-state index contributed by atoms with van der Waals surface area (Å²) < 4.78 is 16.4. The molecule has 0 aliphatic carbocycles. The number of oxazole rings is 1. The number of methoxy groups -OCH3 is 2. The van der Waals surface area contributed by atoms with Crippen LogP contribution in [-0.4, -0.2) is 56.2 Å². The Kier molecular flexibility index (Phi) is 5.76. The van der Waals surface area contributed by atoms with Crippen molar-refractivity contribution in [2.24, 2.45) is 0 Å². The van der Waals surface area contributed by atoms with E-state index in [1.165, 1.54) is 0 Å². The molecule has 0 N–H and O–H groups in total. The summed E-state index contributed by atoms with van der Waals surface area (Å²) in [6, 6.07) is 16.6. The number of hydrogen-bond acceptors (Lipinski definition) is 7. The minimum absolute atomic E-state index is 0.0475. The monoisotopic (exact) mass is 418 g/mol.